The van der Waals surface area contributed by atoms with Crippen LogP contribution >= 0.6 is 0 Å². The molecule has 0 atom stereocenters. The maximum absolute atomic E-state index is 12.7. The number of carbonyl (C=O) groups is 2. The molecule has 2 aromatic carbocycles. The van der Waals surface area contributed by atoms with Gasteiger partial charge in [-0.15, -0.1) is 0 Å². The van der Waals surface area contributed by atoms with E-state index in [0.717, 1.165) is 4.68 Å². The summed E-state index contributed by atoms with van der Waals surface area (Å²) in [5.74, 6) is -1.25. The van der Waals surface area contributed by atoms with Crippen molar-refractivity contribution in [1.29, 1.82) is 0 Å². The highest BCUT2D eigenvalue weighted by atomic mass is 32.2. The van der Waals surface area contributed by atoms with Gasteiger partial charge in [0.05, 0.1) is 10.3 Å². The van der Waals surface area contributed by atoms with Crippen LogP contribution in [0.15, 0.2) is 64.3 Å². The van der Waals surface area contributed by atoms with E-state index in [-0.39, 0.29) is 42.3 Å². The summed E-state index contributed by atoms with van der Waals surface area (Å²) < 4.78 is 33.0. The van der Waals surface area contributed by atoms with Crippen LogP contribution in [0.2, 0.25) is 0 Å². The fraction of sp³-hybridized carbons (Fsp3) is 0.273. The zero-order chi connectivity index (χ0) is 23.6. The molecule has 0 N–H and O–H groups in total. The number of carbonyl (C=O) groups excluding carboxylic acids is 2. The van der Waals surface area contributed by atoms with Crippen molar-refractivity contribution >= 4 is 32.7 Å². The zero-order valence-corrected chi connectivity index (χ0v) is 18.7. The Hall–Kier alpha value is -3.57. The third-order valence-electron chi connectivity index (χ3n) is 5.45. The van der Waals surface area contributed by atoms with Gasteiger partial charge in [-0.3, -0.25) is 9.59 Å². The van der Waals surface area contributed by atoms with Crippen LogP contribution in [0.5, 0.6) is 0 Å². The molecule has 0 aliphatic carbocycles. The number of sulfonamides is 1. The van der Waals surface area contributed by atoms with Crippen LogP contribution in [-0.2, 0) is 26.6 Å². The molecule has 0 saturated carbocycles. The average Bonchev–Trinajstić information content (AvgIpc) is 2.85. The maximum atomic E-state index is 12.7. The molecule has 0 unspecified atom stereocenters. The van der Waals surface area contributed by atoms with Gasteiger partial charge in [-0.1, -0.05) is 36.4 Å². The Bertz CT molecular complexity index is 1360. The molecule has 0 bridgehead atoms. The van der Waals surface area contributed by atoms with E-state index < -0.39 is 28.5 Å². The van der Waals surface area contributed by atoms with Gasteiger partial charge in [-0.25, -0.2) is 17.9 Å². The Kier molecular flexibility index (Phi) is 6.25. The van der Waals surface area contributed by atoms with E-state index in [2.05, 4.69) is 5.10 Å². The molecule has 11 heteroatoms. The van der Waals surface area contributed by atoms with E-state index in [9.17, 15) is 22.8 Å². The molecule has 33 heavy (non-hydrogen) atoms. The third-order valence-corrected chi connectivity index (χ3v) is 7.36. The molecule has 1 saturated heterocycles. The van der Waals surface area contributed by atoms with Crippen molar-refractivity contribution in [3.05, 3.63) is 70.6 Å². The average molecular weight is 471 g/mol. The summed E-state index contributed by atoms with van der Waals surface area (Å²) in [7, 11) is -2.20. The lowest BCUT2D eigenvalue weighted by atomic mass is 10.1. The second kappa shape index (κ2) is 9.12. The third kappa shape index (κ3) is 4.50. The van der Waals surface area contributed by atoms with Crippen LogP contribution < -0.4 is 5.56 Å². The molecule has 0 spiro atoms. The maximum Gasteiger partial charge on any atom is 0.359 e. The van der Waals surface area contributed by atoms with Crippen LogP contribution in [0.25, 0.3) is 10.8 Å². The number of nitrogens with zero attached hydrogens (tertiary/aromatic N) is 4. The van der Waals surface area contributed by atoms with Crippen LogP contribution in [0.3, 0.4) is 0 Å². The number of aromatic nitrogens is 2. The van der Waals surface area contributed by atoms with Gasteiger partial charge < -0.3 is 9.64 Å². The summed E-state index contributed by atoms with van der Waals surface area (Å²) in [4.78, 5) is 39.0. The van der Waals surface area contributed by atoms with Crippen molar-refractivity contribution in [3.8, 4) is 0 Å². The number of ether oxygens (including phenoxy) is 1. The lowest BCUT2D eigenvalue weighted by molar-refractivity contribution is -0.135. The van der Waals surface area contributed by atoms with Crippen molar-refractivity contribution < 1.29 is 22.7 Å². The van der Waals surface area contributed by atoms with Gasteiger partial charge in [0, 0.05) is 38.6 Å². The molecule has 1 aromatic heterocycles. The molecule has 10 nitrogen and oxygen atoms in total. The SMILES string of the molecule is Cn1nc(C(=O)OCC(=O)N2CCN(S(=O)(=O)c3ccccc3)CC2)c2ccccc2c1=O. The molecule has 1 amide bonds. The Balaban J connectivity index is 1.38. The van der Waals surface area contributed by atoms with Crippen molar-refractivity contribution in [1.82, 2.24) is 19.0 Å². The first-order chi connectivity index (χ1) is 15.8. The standard InChI is InChI=1S/C22H22N4O6S/c1-24-21(28)18-10-6-5-9-17(18)20(23-24)22(29)32-15-19(27)25-11-13-26(14-12-25)33(30,31)16-7-3-2-4-8-16/h2-10H,11-15H2,1H3. The van der Waals surface area contributed by atoms with Crippen molar-refractivity contribution in [3.63, 3.8) is 0 Å². The first kappa shape index (κ1) is 22.6. The van der Waals surface area contributed by atoms with E-state index in [1.54, 1.807) is 42.5 Å². The van der Waals surface area contributed by atoms with E-state index in [4.69, 9.17) is 4.74 Å². The van der Waals surface area contributed by atoms with Gasteiger partial charge in [0.2, 0.25) is 10.0 Å². The first-order valence-corrected chi connectivity index (χ1v) is 11.7. The minimum absolute atomic E-state index is 0.0562. The Morgan fingerprint density at radius 2 is 1.55 bits per heavy atom. The quantitative estimate of drug-likeness (QED) is 0.502. The number of esters is 1. The van der Waals surface area contributed by atoms with Crippen molar-refractivity contribution in [2.45, 2.75) is 4.90 Å². The second-order valence-electron chi connectivity index (χ2n) is 7.50. The highest BCUT2D eigenvalue weighted by molar-refractivity contribution is 7.89. The number of hydrogen-bond donors (Lipinski definition) is 0. The van der Waals surface area contributed by atoms with Crippen LogP contribution in [0.1, 0.15) is 10.5 Å². The topological polar surface area (TPSA) is 119 Å². The monoisotopic (exact) mass is 470 g/mol. The largest absolute Gasteiger partial charge is 0.451 e. The van der Waals surface area contributed by atoms with Gasteiger partial charge in [0.1, 0.15) is 0 Å². The van der Waals surface area contributed by atoms with Gasteiger partial charge in [-0.2, -0.15) is 9.40 Å². The van der Waals surface area contributed by atoms with Crippen LogP contribution in [0, 0.1) is 0 Å². The number of benzene rings is 2. The summed E-state index contributed by atoms with van der Waals surface area (Å²) in [5.41, 5.74) is -0.402. The van der Waals surface area contributed by atoms with E-state index in [1.165, 1.54) is 28.4 Å². The molecule has 2 heterocycles. The number of rotatable bonds is 5. The van der Waals surface area contributed by atoms with E-state index in [0.29, 0.717) is 10.8 Å². The molecular weight excluding hydrogens is 448 g/mol. The molecule has 1 fully saturated rings. The smallest absolute Gasteiger partial charge is 0.359 e. The first-order valence-electron chi connectivity index (χ1n) is 10.2. The molecule has 172 valence electrons. The minimum atomic E-state index is -3.63. The van der Waals surface area contributed by atoms with Gasteiger partial charge in [0.15, 0.2) is 12.3 Å². The highest BCUT2D eigenvalue weighted by Crippen LogP contribution is 2.18. The van der Waals surface area contributed by atoms with Crippen molar-refractivity contribution in [2.24, 2.45) is 7.05 Å². The summed E-state index contributed by atoms with van der Waals surface area (Å²) in [6.45, 7) is 0.143. The normalized spacial score (nSPS) is 14.9. The number of hydrogen-bond acceptors (Lipinski definition) is 7. The molecule has 0 radical (unpaired) electrons. The highest BCUT2D eigenvalue weighted by Gasteiger charge is 2.30. The Morgan fingerprint density at radius 1 is 0.939 bits per heavy atom. The summed E-state index contributed by atoms with van der Waals surface area (Å²) in [6.07, 6.45) is 0. The molecule has 1 aliphatic rings. The lowest BCUT2D eigenvalue weighted by Crippen LogP contribution is -2.51. The van der Waals surface area contributed by atoms with Gasteiger partial charge >= 0.3 is 5.97 Å². The minimum Gasteiger partial charge on any atom is -0.451 e. The summed E-state index contributed by atoms with van der Waals surface area (Å²) in [6, 6.07) is 14.7. The number of amides is 1. The summed E-state index contributed by atoms with van der Waals surface area (Å²) in [5, 5.41) is 4.66. The fourth-order valence-electron chi connectivity index (χ4n) is 3.66. The van der Waals surface area contributed by atoms with Gasteiger partial charge in [0.25, 0.3) is 11.5 Å². The lowest BCUT2D eigenvalue weighted by Gasteiger charge is -2.33. The van der Waals surface area contributed by atoms with Crippen molar-refractivity contribution in [2.75, 3.05) is 32.8 Å². The van der Waals surface area contributed by atoms with E-state index >= 15 is 0 Å². The molecular formula is C22H22N4O6S. The van der Waals surface area contributed by atoms with E-state index in [1.807, 2.05) is 0 Å². The van der Waals surface area contributed by atoms with Crippen LogP contribution in [-0.4, -0.2) is 72.1 Å². The summed E-state index contributed by atoms with van der Waals surface area (Å²) >= 11 is 0. The number of fused-ring (bicyclic) bond motifs is 1. The van der Waals surface area contributed by atoms with Crippen LogP contribution in [0.4, 0.5) is 0 Å². The molecule has 4 rings (SSSR count). The zero-order valence-electron chi connectivity index (χ0n) is 17.9. The predicted molar refractivity (Wildman–Crippen MR) is 119 cm³/mol. The van der Waals surface area contributed by atoms with Gasteiger partial charge in [-0.05, 0) is 18.2 Å². The second-order valence-corrected chi connectivity index (χ2v) is 9.43. The number of aryl methyl sites for hydroxylation is 1. The fourth-order valence-corrected chi connectivity index (χ4v) is 5.10. The Labute approximate surface area is 190 Å². The predicted octanol–water partition coefficient (Wildman–Crippen LogP) is 0.623. The Morgan fingerprint density at radius 3 is 2.21 bits per heavy atom. The molecule has 3 aromatic rings. The molecule has 1 aliphatic heterocycles. The number of piperazine rings is 1.